The largest absolute Gasteiger partial charge is 0.477 e. The third kappa shape index (κ3) is 4.26. The number of benzene rings is 1. The van der Waals surface area contributed by atoms with Gasteiger partial charge >= 0.3 is 12.1 Å². The summed E-state index contributed by atoms with van der Waals surface area (Å²) >= 11 is 6.13. The quantitative estimate of drug-likeness (QED) is 0.496. The first-order valence-electron chi connectivity index (χ1n) is 8.73. The molecule has 3 aromatic heterocycles. The molecule has 12 heteroatoms. The summed E-state index contributed by atoms with van der Waals surface area (Å²) in [5, 5.41) is 21.7. The fourth-order valence-electron chi connectivity index (χ4n) is 2.90. The molecule has 4 aromatic rings. The second-order valence-electron chi connectivity index (χ2n) is 6.44. The number of tetrazole rings is 1. The molecular formula is C19H12ClF3N6O2. The number of nitrogens with zero attached hydrogens (tertiary/aromatic N) is 6. The zero-order valence-electron chi connectivity index (χ0n) is 15.5. The SMILES string of the molecule is O=C(O)c1cc(Cn2nnc(-c3ccc(C(F)(F)F)cc3)n2)cn1-c1ncccc1Cl. The van der Waals surface area contributed by atoms with Crippen molar-refractivity contribution >= 4 is 17.6 Å². The number of pyridine rings is 1. The zero-order chi connectivity index (χ0) is 22.2. The molecule has 8 nitrogen and oxygen atoms in total. The number of aromatic carboxylic acids is 1. The Morgan fingerprint density at radius 3 is 2.55 bits per heavy atom. The number of carboxylic acid groups (broad SMARTS) is 1. The number of carbonyl (C=O) groups is 1. The molecule has 0 saturated heterocycles. The molecule has 0 saturated carbocycles. The Morgan fingerprint density at radius 2 is 1.90 bits per heavy atom. The average molecular weight is 449 g/mol. The van der Waals surface area contributed by atoms with Crippen molar-refractivity contribution in [3.8, 4) is 17.2 Å². The molecular weight excluding hydrogens is 437 g/mol. The molecule has 0 amide bonds. The molecule has 3 heterocycles. The number of halogens is 4. The molecule has 1 N–H and O–H groups in total. The first kappa shape index (κ1) is 20.5. The Morgan fingerprint density at radius 1 is 1.16 bits per heavy atom. The van der Waals surface area contributed by atoms with Gasteiger partial charge in [-0.15, -0.1) is 10.2 Å². The smallest absolute Gasteiger partial charge is 0.416 e. The molecule has 1 aromatic carbocycles. The zero-order valence-corrected chi connectivity index (χ0v) is 16.2. The second kappa shape index (κ2) is 7.84. The van der Waals surface area contributed by atoms with E-state index in [0.717, 1.165) is 12.1 Å². The summed E-state index contributed by atoms with van der Waals surface area (Å²) in [4.78, 5) is 17.0. The van der Waals surface area contributed by atoms with Crippen LogP contribution in [0.15, 0.2) is 54.9 Å². The van der Waals surface area contributed by atoms with Crippen molar-refractivity contribution in [2.75, 3.05) is 0 Å². The van der Waals surface area contributed by atoms with E-state index in [1.165, 1.54) is 33.8 Å². The minimum Gasteiger partial charge on any atom is -0.477 e. The van der Waals surface area contributed by atoms with Crippen LogP contribution in [-0.2, 0) is 12.7 Å². The molecule has 158 valence electrons. The van der Waals surface area contributed by atoms with Crippen molar-refractivity contribution in [2.24, 2.45) is 0 Å². The molecule has 0 aliphatic rings. The number of carboxylic acids is 1. The normalized spacial score (nSPS) is 11.6. The van der Waals surface area contributed by atoms with Gasteiger partial charge in [-0.05, 0) is 41.1 Å². The molecule has 0 radical (unpaired) electrons. The number of hydrogen-bond donors (Lipinski definition) is 1. The van der Waals surface area contributed by atoms with Gasteiger partial charge in [0.2, 0.25) is 5.82 Å². The molecule has 0 fully saturated rings. The summed E-state index contributed by atoms with van der Waals surface area (Å²) in [5.41, 5.74) is 0.0665. The van der Waals surface area contributed by atoms with Crippen LogP contribution in [-0.4, -0.2) is 40.8 Å². The highest BCUT2D eigenvalue weighted by molar-refractivity contribution is 6.32. The fourth-order valence-corrected chi connectivity index (χ4v) is 3.11. The second-order valence-corrected chi connectivity index (χ2v) is 6.84. The third-order valence-electron chi connectivity index (χ3n) is 4.31. The first-order chi connectivity index (χ1) is 14.7. The fraction of sp³-hybridized carbons (Fsp3) is 0.105. The van der Waals surface area contributed by atoms with Gasteiger partial charge in [0.15, 0.2) is 5.82 Å². The maximum Gasteiger partial charge on any atom is 0.416 e. The van der Waals surface area contributed by atoms with E-state index in [1.54, 1.807) is 18.3 Å². The van der Waals surface area contributed by atoms with E-state index >= 15 is 0 Å². The Balaban J connectivity index is 1.60. The van der Waals surface area contributed by atoms with Gasteiger partial charge in [0.1, 0.15) is 5.69 Å². The van der Waals surface area contributed by atoms with Crippen molar-refractivity contribution in [3.05, 3.63) is 76.7 Å². The van der Waals surface area contributed by atoms with Gasteiger partial charge in [-0.3, -0.25) is 4.57 Å². The van der Waals surface area contributed by atoms with Gasteiger partial charge in [0.25, 0.3) is 0 Å². The highest BCUT2D eigenvalue weighted by Crippen LogP contribution is 2.30. The monoisotopic (exact) mass is 448 g/mol. The van der Waals surface area contributed by atoms with Gasteiger partial charge in [-0.2, -0.15) is 18.0 Å². The lowest BCUT2D eigenvalue weighted by molar-refractivity contribution is -0.137. The highest BCUT2D eigenvalue weighted by atomic mass is 35.5. The first-order valence-corrected chi connectivity index (χ1v) is 9.11. The van der Waals surface area contributed by atoms with Crippen molar-refractivity contribution < 1.29 is 23.1 Å². The van der Waals surface area contributed by atoms with Gasteiger partial charge in [-0.25, -0.2) is 9.78 Å². The van der Waals surface area contributed by atoms with Crippen LogP contribution in [0.25, 0.3) is 17.2 Å². The van der Waals surface area contributed by atoms with Crippen molar-refractivity contribution in [3.63, 3.8) is 0 Å². The lowest BCUT2D eigenvalue weighted by Crippen LogP contribution is -2.07. The van der Waals surface area contributed by atoms with Crippen LogP contribution >= 0.6 is 11.6 Å². The van der Waals surface area contributed by atoms with Crippen LogP contribution in [0.3, 0.4) is 0 Å². The van der Waals surface area contributed by atoms with Crippen LogP contribution in [0.2, 0.25) is 5.02 Å². The van der Waals surface area contributed by atoms with E-state index in [0.29, 0.717) is 11.1 Å². The maximum atomic E-state index is 12.7. The molecule has 0 bridgehead atoms. The maximum absolute atomic E-state index is 12.7. The third-order valence-corrected chi connectivity index (χ3v) is 4.61. The highest BCUT2D eigenvalue weighted by Gasteiger charge is 2.30. The van der Waals surface area contributed by atoms with Crippen LogP contribution in [0.5, 0.6) is 0 Å². The summed E-state index contributed by atoms with van der Waals surface area (Å²) in [5.74, 6) is -0.783. The molecule has 0 atom stereocenters. The number of hydrogen-bond acceptors (Lipinski definition) is 5. The molecule has 0 unspecified atom stereocenters. The summed E-state index contributed by atoms with van der Waals surface area (Å²) < 4.78 is 39.5. The Labute approximate surface area is 177 Å². The minimum absolute atomic E-state index is 0.0568. The number of alkyl halides is 3. The predicted molar refractivity (Wildman–Crippen MR) is 103 cm³/mol. The van der Waals surface area contributed by atoms with Crippen LogP contribution in [0.4, 0.5) is 13.2 Å². The summed E-state index contributed by atoms with van der Waals surface area (Å²) in [6, 6.07) is 9.02. The van der Waals surface area contributed by atoms with Gasteiger partial charge in [-0.1, -0.05) is 23.7 Å². The van der Waals surface area contributed by atoms with E-state index in [4.69, 9.17) is 11.6 Å². The van der Waals surface area contributed by atoms with E-state index in [1.807, 2.05) is 0 Å². The molecule has 0 aliphatic carbocycles. The van der Waals surface area contributed by atoms with Crippen molar-refractivity contribution in [2.45, 2.75) is 12.7 Å². The van der Waals surface area contributed by atoms with Crippen molar-refractivity contribution in [1.82, 2.24) is 29.8 Å². The van der Waals surface area contributed by atoms with E-state index in [9.17, 15) is 23.1 Å². The summed E-state index contributed by atoms with van der Waals surface area (Å²) in [7, 11) is 0. The topological polar surface area (TPSA) is 98.7 Å². The number of aromatic nitrogens is 6. The summed E-state index contributed by atoms with van der Waals surface area (Å²) in [6.45, 7) is 0.0748. The minimum atomic E-state index is -4.44. The Kier molecular flexibility index (Phi) is 5.19. The Hall–Kier alpha value is -3.73. The predicted octanol–water partition coefficient (Wildman–Crippen LogP) is 3.94. The van der Waals surface area contributed by atoms with E-state index in [-0.39, 0.29) is 28.9 Å². The van der Waals surface area contributed by atoms with Crippen molar-refractivity contribution in [1.29, 1.82) is 0 Å². The molecule has 31 heavy (non-hydrogen) atoms. The molecule has 0 spiro atoms. The number of rotatable bonds is 5. The molecule has 4 rings (SSSR count). The average Bonchev–Trinajstić information content (AvgIpc) is 3.35. The van der Waals surface area contributed by atoms with Crippen LogP contribution in [0, 0.1) is 0 Å². The standard InChI is InChI=1S/C19H12ClF3N6O2/c20-14-2-1-7-24-17(14)28-9-11(8-15(28)18(30)31)10-29-26-16(25-27-29)12-3-5-13(6-4-12)19(21,22)23/h1-9H,10H2,(H,30,31). The van der Waals surface area contributed by atoms with E-state index < -0.39 is 17.7 Å². The van der Waals surface area contributed by atoms with Gasteiger partial charge in [0.05, 0.1) is 17.1 Å². The Bertz CT molecular complexity index is 1250. The molecule has 0 aliphatic heterocycles. The van der Waals surface area contributed by atoms with Crippen LogP contribution < -0.4 is 0 Å². The van der Waals surface area contributed by atoms with Gasteiger partial charge in [0, 0.05) is 18.0 Å². The van der Waals surface area contributed by atoms with Gasteiger partial charge < -0.3 is 5.11 Å². The van der Waals surface area contributed by atoms with E-state index in [2.05, 4.69) is 20.4 Å². The lowest BCUT2D eigenvalue weighted by atomic mass is 10.1. The van der Waals surface area contributed by atoms with Crippen LogP contribution in [0.1, 0.15) is 21.6 Å². The lowest BCUT2D eigenvalue weighted by Gasteiger charge is -2.06. The summed E-state index contributed by atoms with van der Waals surface area (Å²) in [6.07, 6.45) is -1.41.